The average molecular weight is 649 g/mol. The normalized spacial score (nSPS) is 11.7. The summed E-state index contributed by atoms with van der Waals surface area (Å²) in [6.45, 7) is 0. The summed E-state index contributed by atoms with van der Waals surface area (Å²) >= 11 is 7.05. The molecule has 7 rings (SSSR count). The fourth-order valence-corrected chi connectivity index (χ4v) is 5.16. The van der Waals surface area contributed by atoms with E-state index >= 15 is 0 Å². The fourth-order valence-electron chi connectivity index (χ4n) is 4.51. The highest BCUT2D eigenvalue weighted by Crippen LogP contribution is 2.48. The quantitative estimate of drug-likeness (QED) is 0.190. The molecule has 0 spiro atoms. The molecule has 0 atom stereocenters. The first kappa shape index (κ1) is 24.7. The van der Waals surface area contributed by atoms with E-state index in [2.05, 4.69) is 56.1 Å². The SMILES string of the molecule is Brc1cc2c(cc1Br)Oc1cc(-c3nc(-c4ccccc4)nc(-c4ccc(-c5ccccc5)cc4)n3)ccc1O2. The van der Waals surface area contributed by atoms with E-state index in [-0.39, 0.29) is 0 Å². The van der Waals surface area contributed by atoms with E-state index in [0.717, 1.165) is 36.8 Å². The Morgan fingerprint density at radius 2 is 0.775 bits per heavy atom. The molecule has 1 aliphatic rings. The standard InChI is InChI=1S/C33H19Br2N3O2/c34-25-18-29-30(19-26(25)35)40-28-17-24(15-16-27(28)39-29)33-37-31(22-9-5-2-6-10-22)36-32(38-33)23-13-11-21(12-14-23)20-7-3-1-4-8-20/h1-19H. The molecule has 5 aromatic carbocycles. The van der Waals surface area contributed by atoms with E-state index in [0.29, 0.717) is 40.5 Å². The van der Waals surface area contributed by atoms with Crippen molar-refractivity contribution in [1.29, 1.82) is 0 Å². The lowest BCUT2D eigenvalue weighted by molar-refractivity contribution is 0.359. The molecule has 0 unspecified atom stereocenters. The second-order valence-electron chi connectivity index (χ2n) is 9.19. The van der Waals surface area contributed by atoms with Gasteiger partial charge in [-0.1, -0.05) is 84.9 Å². The van der Waals surface area contributed by atoms with E-state index in [9.17, 15) is 0 Å². The highest BCUT2D eigenvalue weighted by molar-refractivity contribution is 9.13. The lowest BCUT2D eigenvalue weighted by Gasteiger charge is -2.21. The van der Waals surface area contributed by atoms with Crippen LogP contribution in [0.2, 0.25) is 0 Å². The molecule has 0 saturated carbocycles. The van der Waals surface area contributed by atoms with E-state index in [1.807, 2.05) is 91.0 Å². The number of halogens is 2. The van der Waals surface area contributed by atoms with E-state index in [4.69, 9.17) is 24.4 Å². The fraction of sp³-hybridized carbons (Fsp3) is 0. The van der Waals surface area contributed by atoms with Crippen LogP contribution in [0.15, 0.2) is 124 Å². The third-order valence-corrected chi connectivity index (χ3v) is 8.39. The van der Waals surface area contributed by atoms with Crippen LogP contribution in [0.1, 0.15) is 0 Å². The third kappa shape index (κ3) is 4.78. The van der Waals surface area contributed by atoms with E-state index in [1.165, 1.54) is 0 Å². The van der Waals surface area contributed by atoms with Crippen LogP contribution >= 0.6 is 31.9 Å². The van der Waals surface area contributed by atoms with Crippen molar-refractivity contribution in [3.8, 4) is 68.3 Å². The van der Waals surface area contributed by atoms with Crippen molar-refractivity contribution in [2.24, 2.45) is 0 Å². The van der Waals surface area contributed by atoms with Gasteiger partial charge >= 0.3 is 0 Å². The molecule has 1 aliphatic heterocycles. The number of nitrogens with zero attached hydrogens (tertiary/aromatic N) is 3. The summed E-state index contributed by atoms with van der Waals surface area (Å²) in [5.41, 5.74) is 4.90. The Kier molecular flexibility index (Phi) is 6.38. The molecule has 2 heterocycles. The van der Waals surface area contributed by atoms with Crippen molar-refractivity contribution in [2.45, 2.75) is 0 Å². The Morgan fingerprint density at radius 1 is 0.375 bits per heavy atom. The monoisotopic (exact) mass is 647 g/mol. The van der Waals surface area contributed by atoms with Gasteiger partial charge in [0.1, 0.15) is 0 Å². The summed E-state index contributed by atoms with van der Waals surface area (Å²) in [5.74, 6) is 4.22. The van der Waals surface area contributed by atoms with Crippen LogP contribution in [-0.4, -0.2) is 15.0 Å². The second-order valence-corrected chi connectivity index (χ2v) is 10.9. The largest absolute Gasteiger partial charge is 0.449 e. The number of hydrogen-bond acceptors (Lipinski definition) is 5. The van der Waals surface area contributed by atoms with Crippen LogP contribution in [-0.2, 0) is 0 Å². The number of ether oxygens (including phenoxy) is 2. The van der Waals surface area contributed by atoms with Crippen molar-refractivity contribution >= 4 is 31.9 Å². The molecule has 40 heavy (non-hydrogen) atoms. The molecule has 0 bridgehead atoms. The molecule has 0 N–H and O–H groups in total. The van der Waals surface area contributed by atoms with Crippen molar-refractivity contribution in [3.05, 3.63) is 124 Å². The van der Waals surface area contributed by atoms with Gasteiger partial charge < -0.3 is 9.47 Å². The van der Waals surface area contributed by atoms with Gasteiger partial charge in [0.25, 0.3) is 0 Å². The second kappa shape index (κ2) is 10.3. The minimum Gasteiger partial charge on any atom is -0.449 e. The maximum atomic E-state index is 6.21. The summed E-state index contributed by atoms with van der Waals surface area (Å²) in [6.07, 6.45) is 0. The summed E-state index contributed by atoms with van der Waals surface area (Å²) in [6, 6.07) is 38.0. The summed E-state index contributed by atoms with van der Waals surface area (Å²) < 4.78 is 14.1. The van der Waals surface area contributed by atoms with Crippen molar-refractivity contribution in [3.63, 3.8) is 0 Å². The molecule has 5 nitrogen and oxygen atoms in total. The van der Waals surface area contributed by atoms with Gasteiger partial charge in [-0.15, -0.1) is 0 Å². The molecule has 1 aromatic heterocycles. The van der Waals surface area contributed by atoms with Crippen molar-refractivity contribution in [1.82, 2.24) is 15.0 Å². The molecule has 0 aliphatic carbocycles. The van der Waals surface area contributed by atoms with Gasteiger partial charge in [-0.3, -0.25) is 0 Å². The van der Waals surface area contributed by atoms with Gasteiger partial charge in [-0.25, -0.2) is 15.0 Å². The highest BCUT2D eigenvalue weighted by Gasteiger charge is 2.22. The lowest BCUT2D eigenvalue weighted by atomic mass is 10.0. The first-order valence-electron chi connectivity index (χ1n) is 12.6. The molecular weight excluding hydrogens is 630 g/mol. The third-order valence-electron chi connectivity index (χ3n) is 6.55. The van der Waals surface area contributed by atoms with E-state index in [1.54, 1.807) is 0 Å². The first-order chi connectivity index (χ1) is 19.6. The predicted octanol–water partition coefficient (Wildman–Crippen LogP) is 9.96. The van der Waals surface area contributed by atoms with Crippen LogP contribution < -0.4 is 9.47 Å². The Labute approximate surface area is 247 Å². The summed E-state index contributed by atoms with van der Waals surface area (Å²) in [5, 5.41) is 0. The summed E-state index contributed by atoms with van der Waals surface area (Å²) in [7, 11) is 0. The highest BCUT2D eigenvalue weighted by atomic mass is 79.9. The zero-order chi connectivity index (χ0) is 27.1. The molecule has 0 radical (unpaired) electrons. The predicted molar refractivity (Wildman–Crippen MR) is 164 cm³/mol. The van der Waals surface area contributed by atoms with Gasteiger partial charge in [0, 0.05) is 37.8 Å². The topological polar surface area (TPSA) is 57.1 Å². The van der Waals surface area contributed by atoms with E-state index < -0.39 is 0 Å². The minimum absolute atomic E-state index is 0.546. The number of fused-ring (bicyclic) bond motifs is 2. The van der Waals surface area contributed by atoms with Gasteiger partial charge in [-0.05, 0) is 61.2 Å². The average Bonchev–Trinajstić information content (AvgIpc) is 3.01. The Hall–Kier alpha value is -4.33. The maximum Gasteiger partial charge on any atom is 0.171 e. The Bertz CT molecular complexity index is 1860. The summed E-state index contributed by atoms with van der Waals surface area (Å²) in [4.78, 5) is 14.6. The van der Waals surface area contributed by atoms with Gasteiger partial charge in [0.2, 0.25) is 0 Å². The van der Waals surface area contributed by atoms with Crippen LogP contribution in [0.25, 0.3) is 45.3 Å². The zero-order valence-corrected chi connectivity index (χ0v) is 24.1. The number of hydrogen-bond donors (Lipinski definition) is 0. The molecule has 192 valence electrons. The van der Waals surface area contributed by atoms with Crippen LogP contribution in [0.5, 0.6) is 23.0 Å². The number of benzene rings is 5. The maximum absolute atomic E-state index is 6.21. The molecule has 0 saturated heterocycles. The lowest BCUT2D eigenvalue weighted by Crippen LogP contribution is -2.02. The molecular formula is C33H19Br2N3O2. The Balaban J connectivity index is 1.30. The van der Waals surface area contributed by atoms with Crippen molar-refractivity contribution < 1.29 is 9.47 Å². The molecule has 6 aromatic rings. The van der Waals surface area contributed by atoms with Crippen LogP contribution in [0.3, 0.4) is 0 Å². The number of rotatable bonds is 4. The molecule has 7 heteroatoms. The van der Waals surface area contributed by atoms with Gasteiger partial charge in [0.15, 0.2) is 40.5 Å². The first-order valence-corrected chi connectivity index (χ1v) is 14.2. The van der Waals surface area contributed by atoms with Crippen molar-refractivity contribution in [2.75, 3.05) is 0 Å². The van der Waals surface area contributed by atoms with Crippen LogP contribution in [0, 0.1) is 0 Å². The molecule has 0 amide bonds. The van der Waals surface area contributed by atoms with Crippen LogP contribution in [0.4, 0.5) is 0 Å². The van der Waals surface area contributed by atoms with Gasteiger partial charge in [-0.2, -0.15) is 0 Å². The van der Waals surface area contributed by atoms with Gasteiger partial charge in [0.05, 0.1) is 0 Å². The Morgan fingerprint density at radius 3 is 1.38 bits per heavy atom. The minimum atomic E-state index is 0.546. The smallest absolute Gasteiger partial charge is 0.171 e. The molecule has 0 fully saturated rings. The zero-order valence-electron chi connectivity index (χ0n) is 20.9. The number of aromatic nitrogens is 3.